The van der Waals surface area contributed by atoms with Crippen LogP contribution in [0.5, 0.6) is 0 Å². The van der Waals surface area contributed by atoms with E-state index in [0.717, 1.165) is 32.2 Å². The van der Waals surface area contributed by atoms with Crippen LogP contribution in [0.1, 0.15) is 64.7 Å². The predicted molar refractivity (Wildman–Crippen MR) is 73.5 cm³/mol. The van der Waals surface area contributed by atoms with Crippen LogP contribution >= 0.6 is 0 Å². The number of unbranched alkanes of at least 4 members (excludes halogenated alkanes) is 4. The summed E-state index contributed by atoms with van der Waals surface area (Å²) in [6.07, 6.45) is 9.80. The number of aliphatic hydroxyl groups excluding tert-OH is 2. The SMILES string of the molecule is CCCCCCCN1[C@H]2CC[C@H](O)[C@@H]1CC[C@H]2O. The topological polar surface area (TPSA) is 43.7 Å². The van der Waals surface area contributed by atoms with Crippen molar-refractivity contribution in [3.63, 3.8) is 0 Å². The molecule has 2 heterocycles. The van der Waals surface area contributed by atoms with Crippen LogP contribution in [0.25, 0.3) is 0 Å². The summed E-state index contributed by atoms with van der Waals surface area (Å²) < 4.78 is 0. The fourth-order valence-corrected chi connectivity index (χ4v) is 3.70. The highest BCUT2D eigenvalue weighted by molar-refractivity contribution is 4.97. The summed E-state index contributed by atoms with van der Waals surface area (Å²) >= 11 is 0. The lowest BCUT2D eigenvalue weighted by atomic mass is 9.81. The van der Waals surface area contributed by atoms with Gasteiger partial charge in [-0.2, -0.15) is 0 Å². The quantitative estimate of drug-likeness (QED) is 0.716. The van der Waals surface area contributed by atoms with Crippen molar-refractivity contribution < 1.29 is 10.2 Å². The lowest BCUT2D eigenvalue weighted by molar-refractivity contribution is -0.0978. The molecule has 3 nitrogen and oxygen atoms in total. The first-order valence-corrected chi connectivity index (χ1v) is 7.86. The standard InChI is InChI=1S/C15H29NO2/c1-2-3-4-5-6-11-16-12-7-9-14(17)13(16)8-10-15(12)18/h12-15,17-18H,2-11H2,1H3/t12-,13-,14-,15+/m0/s1. The molecule has 2 saturated heterocycles. The molecule has 0 spiro atoms. The molecule has 2 aliphatic rings. The first-order valence-electron chi connectivity index (χ1n) is 7.86. The van der Waals surface area contributed by atoms with E-state index in [2.05, 4.69) is 11.8 Å². The van der Waals surface area contributed by atoms with E-state index in [4.69, 9.17) is 0 Å². The molecule has 0 aliphatic carbocycles. The minimum Gasteiger partial charge on any atom is -0.391 e. The van der Waals surface area contributed by atoms with E-state index in [9.17, 15) is 10.2 Å². The van der Waals surface area contributed by atoms with Crippen LogP contribution in [-0.4, -0.2) is 45.9 Å². The molecule has 0 aromatic rings. The van der Waals surface area contributed by atoms with Crippen LogP contribution in [0.2, 0.25) is 0 Å². The highest BCUT2D eigenvalue weighted by atomic mass is 16.3. The van der Waals surface area contributed by atoms with Gasteiger partial charge in [0, 0.05) is 12.1 Å². The second-order valence-electron chi connectivity index (χ2n) is 6.08. The van der Waals surface area contributed by atoms with E-state index in [0.29, 0.717) is 12.1 Å². The summed E-state index contributed by atoms with van der Waals surface area (Å²) in [4.78, 5) is 2.41. The third-order valence-corrected chi connectivity index (χ3v) is 4.78. The molecule has 4 atom stereocenters. The van der Waals surface area contributed by atoms with E-state index >= 15 is 0 Å². The van der Waals surface area contributed by atoms with Crippen molar-refractivity contribution in [3.8, 4) is 0 Å². The van der Waals surface area contributed by atoms with E-state index in [-0.39, 0.29) is 12.2 Å². The van der Waals surface area contributed by atoms with Gasteiger partial charge in [0.2, 0.25) is 0 Å². The molecular weight excluding hydrogens is 226 g/mol. The van der Waals surface area contributed by atoms with Gasteiger partial charge in [-0.05, 0) is 38.6 Å². The molecular formula is C15H29NO2. The molecule has 106 valence electrons. The Balaban J connectivity index is 1.81. The molecule has 0 aromatic carbocycles. The van der Waals surface area contributed by atoms with Gasteiger partial charge in [0.05, 0.1) is 12.2 Å². The van der Waals surface area contributed by atoms with Crippen LogP contribution < -0.4 is 0 Å². The van der Waals surface area contributed by atoms with E-state index < -0.39 is 0 Å². The maximum absolute atomic E-state index is 10.1. The fraction of sp³-hybridized carbons (Fsp3) is 1.00. The molecule has 2 aliphatic heterocycles. The zero-order chi connectivity index (χ0) is 13.0. The van der Waals surface area contributed by atoms with Gasteiger partial charge in [-0.15, -0.1) is 0 Å². The average molecular weight is 255 g/mol. The zero-order valence-corrected chi connectivity index (χ0v) is 11.7. The number of piperidine rings is 2. The Morgan fingerprint density at radius 3 is 1.94 bits per heavy atom. The zero-order valence-electron chi connectivity index (χ0n) is 11.7. The summed E-state index contributed by atoms with van der Waals surface area (Å²) in [6.45, 7) is 3.30. The van der Waals surface area contributed by atoms with E-state index in [1.54, 1.807) is 0 Å². The van der Waals surface area contributed by atoms with E-state index in [1.807, 2.05) is 0 Å². The number of hydrogen-bond acceptors (Lipinski definition) is 3. The Hall–Kier alpha value is -0.120. The second-order valence-corrected chi connectivity index (χ2v) is 6.08. The lowest BCUT2D eigenvalue weighted by Crippen LogP contribution is -2.60. The fourth-order valence-electron chi connectivity index (χ4n) is 3.70. The van der Waals surface area contributed by atoms with Gasteiger partial charge in [0.25, 0.3) is 0 Å². The Bertz CT molecular complexity index is 229. The molecule has 0 amide bonds. The predicted octanol–water partition coefficient (Wildman–Crippen LogP) is 2.31. The van der Waals surface area contributed by atoms with Crippen LogP contribution in [-0.2, 0) is 0 Å². The molecule has 18 heavy (non-hydrogen) atoms. The molecule has 0 radical (unpaired) electrons. The Labute approximate surface area is 111 Å². The monoisotopic (exact) mass is 255 g/mol. The highest BCUT2D eigenvalue weighted by Gasteiger charge is 2.42. The minimum absolute atomic E-state index is 0.163. The van der Waals surface area contributed by atoms with E-state index in [1.165, 1.54) is 32.1 Å². The van der Waals surface area contributed by atoms with Gasteiger partial charge in [0.1, 0.15) is 0 Å². The van der Waals surface area contributed by atoms with Gasteiger partial charge >= 0.3 is 0 Å². The minimum atomic E-state index is -0.163. The summed E-state index contributed by atoms with van der Waals surface area (Å²) in [5.41, 5.74) is 0. The van der Waals surface area contributed by atoms with Crippen molar-refractivity contribution in [2.24, 2.45) is 0 Å². The molecule has 2 N–H and O–H groups in total. The molecule has 2 bridgehead atoms. The molecule has 2 rings (SSSR count). The van der Waals surface area contributed by atoms with Gasteiger partial charge in [-0.1, -0.05) is 32.6 Å². The third kappa shape index (κ3) is 3.25. The summed E-state index contributed by atoms with van der Waals surface area (Å²) in [6, 6.07) is 0.636. The molecule has 0 aromatic heterocycles. The highest BCUT2D eigenvalue weighted by Crippen LogP contribution is 2.34. The Morgan fingerprint density at radius 2 is 1.39 bits per heavy atom. The summed E-state index contributed by atoms with van der Waals surface area (Å²) in [5, 5.41) is 20.2. The van der Waals surface area contributed by atoms with Gasteiger partial charge in [-0.3, -0.25) is 4.90 Å². The van der Waals surface area contributed by atoms with Crippen molar-refractivity contribution in [1.29, 1.82) is 0 Å². The Morgan fingerprint density at radius 1 is 0.833 bits per heavy atom. The molecule has 2 fully saturated rings. The van der Waals surface area contributed by atoms with Crippen molar-refractivity contribution in [2.45, 2.75) is 89.0 Å². The smallest absolute Gasteiger partial charge is 0.0696 e. The van der Waals surface area contributed by atoms with Crippen LogP contribution in [0, 0.1) is 0 Å². The number of nitrogens with zero attached hydrogens (tertiary/aromatic N) is 1. The molecule has 0 unspecified atom stereocenters. The van der Waals surface area contributed by atoms with Gasteiger partial charge in [0.15, 0.2) is 0 Å². The molecule has 3 heteroatoms. The average Bonchev–Trinajstić information content (AvgIpc) is 2.36. The van der Waals surface area contributed by atoms with Crippen molar-refractivity contribution in [1.82, 2.24) is 4.90 Å². The number of rotatable bonds is 6. The van der Waals surface area contributed by atoms with Gasteiger partial charge in [-0.25, -0.2) is 0 Å². The van der Waals surface area contributed by atoms with Crippen molar-refractivity contribution in [3.05, 3.63) is 0 Å². The van der Waals surface area contributed by atoms with Gasteiger partial charge < -0.3 is 10.2 Å². The summed E-state index contributed by atoms with van der Waals surface area (Å²) in [7, 11) is 0. The second kappa shape index (κ2) is 6.88. The first-order chi connectivity index (χ1) is 8.74. The largest absolute Gasteiger partial charge is 0.391 e. The normalized spacial score (nSPS) is 36.8. The molecule has 0 saturated carbocycles. The summed E-state index contributed by atoms with van der Waals surface area (Å²) in [5.74, 6) is 0. The third-order valence-electron chi connectivity index (χ3n) is 4.78. The number of hydrogen-bond donors (Lipinski definition) is 2. The lowest BCUT2D eigenvalue weighted by Gasteiger charge is -2.50. The van der Waals surface area contributed by atoms with Crippen LogP contribution in [0.15, 0.2) is 0 Å². The van der Waals surface area contributed by atoms with Crippen molar-refractivity contribution >= 4 is 0 Å². The van der Waals surface area contributed by atoms with Crippen molar-refractivity contribution in [2.75, 3.05) is 6.54 Å². The first kappa shape index (κ1) is 14.3. The van der Waals surface area contributed by atoms with Crippen LogP contribution in [0.4, 0.5) is 0 Å². The Kier molecular flexibility index (Phi) is 5.46. The maximum atomic E-state index is 10.1. The van der Waals surface area contributed by atoms with Crippen LogP contribution in [0.3, 0.4) is 0 Å². The maximum Gasteiger partial charge on any atom is 0.0696 e. The number of aliphatic hydroxyl groups is 2. The number of fused-ring (bicyclic) bond motifs is 2.